The van der Waals surface area contributed by atoms with E-state index in [2.05, 4.69) is 58.5 Å². The minimum absolute atomic E-state index is 0.506. The Balaban J connectivity index is 2.02. The van der Waals surface area contributed by atoms with Crippen LogP contribution in [0.2, 0.25) is 0 Å². The fourth-order valence-corrected chi connectivity index (χ4v) is 2.61. The number of aromatic nitrogens is 5. The molecule has 1 atom stereocenters. The first-order valence-electron chi connectivity index (χ1n) is 7.67. The third-order valence-electron chi connectivity index (χ3n) is 3.66. The molecule has 0 radical (unpaired) electrons. The molecule has 2 rings (SSSR count). The second-order valence-electron chi connectivity index (χ2n) is 5.63. The van der Waals surface area contributed by atoms with Gasteiger partial charge in [-0.2, -0.15) is 0 Å². The van der Waals surface area contributed by atoms with E-state index in [0.717, 1.165) is 25.5 Å². The fourth-order valence-electron chi connectivity index (χ4n) is 2.61. The highest BCUT2D eigenvalue weighted by Gasteiger charge is 2.17. The molecule has 7 heteroatoms. The highest BCUT2D eigenvalue weighted by Crippen LogP contribution is 2.13. The van der Waals surface area contributed by atoms with Crippen molar-refractivity contribution in [3.05, 3.63) is 12.1 Å². The zero-order valence-corrected chi connectivity index (χ0v) is 13.3. The van der Waals surface area contributed by atoms with E-state index in [9.17, 15) is 0 Å². The number of tetrazole rings is 1. The van der Waals surface area contributed by atoms with Crippen LogP contribution in [-0.4, -0.2) is 55.8 Å². The lowest BCUT2D eigenvalue weighted by Crippen LogP contribution is -2.41. The number of nitrogens with zero attached hydrogens (tertiary/aromatic N) is 6. The molecule has 0 aromatic carbocycles. The molecule has 116 valence electrons. The van der Waals surface area contributed by atoms with Crippen molar-refractivity contribution in [1.82, 2.24) is 30.2 Å². The van der Waals surface area contributed by atoms with E-state index in [1.165, 1.54) is 11.1 Å². The van der Waals surface area contributed by atoms with Gasteiger partial charge in [0.2, 0.25) is 0 Å². The van der Waals surface area contributed by atoms with E-state index in [4.69, 9.17) is 0 Å². The number of likely N-dealkylation sites (N-methyl/N-ethyl adjacent to an activating group) is 1. The molecule has 0 amide bonds. The molecule has 21 heavy (non-hydrogen) atoms. The van der Waals surface area contributed by atoms with Crippen LogP contribution in [0.1, 0.15) is 34.1 Å². The SMILES string of the molecule is CCN(CC)[C@@H](CNc1ccc2nnnn2n1)CC(C)C. The highest BCUT2D eigenvalue weighted by molar-refractivity contribution is 5.42. The monoisotopic (exact) mass is 291 g/mol. The first-order valence-corrected chi connectivity index (χ1v) is 7.67. The van der Waals surface area contributed by atoms with Crippen LogP contribution in [0.5, 0.6) is 0 Å². The molecule has 0 aliphatic carbocycles. The molecule has 2 aromatic heterocycles. The summed E-state index contributed by atoms with van der Waals surface area (Å²) in [6.07, 6.45) is 1.17. The third-order valence-corrected chi connectivity index (χ3v) is 3.66. The van der Waals surface area contributed by atoms with Gasteiger partial charge < -0.3 is 5.32 Å². The van der Waals surface area contributed by atoms with Gasteiger partial charge in [0.25, 0.3) is 0 Å². The average molecular weight is 291 g/mol. The fraction of sp³-hybridized carbons (Fsp3) is 0.714. The summed E-state index contributed by atoms with van der Waals surface area (Å²) in [5, 5.41) is 19.0. The number of hydrogen-bond acceptors (Lipinski definition) is 6. The quantitative estimate of drug-likeness (QED) is 0.798. The van der Waals surface area contributed by atoms with E-state index >= 15 is 0 Å². The summed E-state index contributed by atoms with van der Waals surface area (Å²) >= 11 is 0. The Hall–Kier alpha value is -1.76. The van der Waals surface area contributed by atoms with Crippen LogP contribution in [0, 0.1) is 5.92 Å². The van der Waals surface area contributed by atoms with Crippen LogP contribution in [0.15, 0.2) is 12.1 Å². The molecular weight excluding hydrogens is 266 g/mol. The van der Waals surface area contributed by atoms with Gasteiger partial charge in [0.05, 0.1) is 0 Å². The van der Waals surface area contributed by atoms with E-state index in [1.807, 2.05) is 12.1 Å². The van der Waals surface area contributed by atoms with Crippen molar-refractivity contribution < 1.29 is 0 Å². The largest absolute Gasteiger partial charge is 0.367 e. The molecule has 0 bridgehead atoms. The summed E-state index contributed by atoms with van der Waals surface area (Å²) in [6, 6.07) is 4.29. The summed E-state index contributed by atoms with van der Waals surface area (Å²) in [7, 11) is 0. The van der Waals surface area contributed by atoms with Gasteiger partial charge in [-0.3, -0.25) is 4.90 Å². The van der Waals surface area contributed by atoms with Gasteiger partial charge in [-0.1, -0.05) is 27.7 Å². The predicted octanol–water partition coefficient (Wildman–Crippen LogP) is 1.69. The number of fused-ring (bicyclic) bond motifs is 1. The molecule has 0 spiro atoms. The Morgan fingerprint density at radius 3 is 2.67 bits per heavy atom. The molecule has 0 aliphatic heterocycles. The van der Waals surface area contributed by atoms with Gasteiger partial charge in [0.1, 0.15) is 5.82 Å². The van der Waals surface area contributed by atoms with E-state index < -0.39 is 0 Å². The normalized spacial score (nSPS) is 13.2. The number of rotatable bonds is 8. The summed E-state index contributed by atoms with van der Waals surface area (Å²) in [4.78, 5) is 2.49. The van der Waals surface area contributed by atoms with E-state index in [1.54, 1.807) is 0 Å². The van der Waals surface area contributed by atoms with Crippen molar-refractivity contribution in [3.63, 3.8) is 0 Å². The Morgan fingerprint density at radius 2 is 2.00 bits per heavy atom. The molecular formula is C14H25N7. The van der Waals surface area contributed by atoms with Gasteiger partial charge in [0, 0.05) is 12.6 Å². The minimum atomic E-state index is 0.506. The van der Waals surface area contributed by atoms with E-state index in [0.29, 0.717) is 17.6 Å². The maximum Gasteiger partial charge on any atom is 0.200 e. The highest BCUT2D eigenvalue weighted by atomic mass is 15.6. The van der Waals surface area contributed by atoms with Crippen LogP contribution >= 0.6 is 0 Å². The Bertz CT molecular complexity index is 547. The first kappa shape index (κ1) is 15.6. The topological polar surface area (TPSA) is 71.2 Å². The molecule has 2 heterocycles. The lowest BCUT2D eigenvalue weighted by atomic mass is 10.0. The van der Waals surface area contributed by atoms with Crippen LogP contribution in [0.3, 0.4) is 0 Å². The smallest absolute Gasteiger partial charge is 0.200 e. The first-order chi connectivity index (χ1) is 10.1. The third kappa shape index (κ3) is 4.10. The number of nitrogens with one attached hydrogen (secondary N) is 1. The van der Waals surface area contributed by atoms with Crippen molar-refractivity contribution in [1.29, 1.82) is 0 Å². The maximum absolute atomic E-state index is 4.35. The van der Waals surface area contributed by atoms with Gasteiger partial charge in [-0.05, 0) is 48.0 Å². The second-order valence-corrected chi connectivity index (χ2v) is 5.63. The Labute approximate surface area is 125 Å². The Morgan fingerprint density at radius 1 is 1.24 bits per heavy atom. The van der Waals surface area contributed by atoms with Gasteiger partial charge in [0.15, 0.2) is 5.65 Å². The van der Waals surface area contributed by atoms with Gasteiger partial charge in [-0.25, -0.2) is 0 Å². The molecule has 1 N–H and O–H groups in total. The van der Waals surface area contributed by atoms with Crippen LogP contribution in [-0.2, 0) is 0 Å². The number of anilines is 1. The van der Waals surface area contributed by atoms with Gasteiger partial charge in [-0.15, -0.1) is 14.8 Å². The molecule has 0 aliphatic rings. The summed E-state index contributed by atoms with van der Waals surface area (Å²) in [5.74, 6) is 1.48. The number of hydrogen-bond donors (Lipinski definition) is 1. The molecule has 0 fully saturated rings. The zero-order chi connectivity index (χ0) is 15.2. The van der Waals surface area contributed by atoms with Crippen LogP contribution in [0.25, 0.3) is 5.65 Å². The minimum Gasteiger partial charge on any atom is -0.367 e. The van der Waals surface area contributed by atoms with Crippen LogP contribution < -0.4 is 5.32 Å². The predicted molar refractivity (Wildman–Crippen MR) is 83.2 cm³/mol. The van der Waals surface area contributed by atoms with E-state index in [-0.39, 0.29) is 0 Å². The molecule has 0 saturated heterocycles. The van der Waals surface area contributed by atoms with Crippen molar-refractivity contribution in [3.8, 4) is 0 Å². The van der Waals surface area contributed by atoms with Gasteiger partial charge >= 0.3 is 0 Å². The Kier molecular flexibility index (Phi) is 5.44. The lowest BCUT2D eigenvalue weighted by Gasteiger charge is -2.31. The molecule has 7 nitrogen and oxygen atoms in total. The molecule has 2 aromatic rings. The second kappa shape index (κ2) is 7.31. The summed E-state index contributed by atoms with van der Waals surface area (Å²) < 4.78 is 1.44. The lowest BCUT2D eigenvalue weighted by molar-refractivity contribution is 0.199. The summed E-state index contributed by atoms with van der Waals surface area (Å²) in [5.41, 5.74) is 0.656. The molecule has 0 saturated carbocycles. The summed E-state index contributed by atoms with van der Waals surface area (Å²) in [6.45, 7) is 12.0. The zero-order valence-electron chi connectivity index (χ0n) is 13.3. The standard InChI is InChI=1S/C14H25N7/c1-5-20(6-2)12(9-11(3)4)10-15-13-7-8-14-16-18-19-21(14)17-13/h7-8,11-12H,5-6,9-10H2,1-4H3,(H,15,17)/t12-/m1/s1. The van der Waals surface area contributed by atoms with Crippen LogP contribution in [0.4, 0.5) is 5.82 Å². The van der Waals surface area contributed by atoms with Crippen molar-refractivity contribution >= 4 is 11.5 Å². The molecule has 0 unspecified atom stereocenters. The maximum atomic E-state index is 4.35. The van der Waals surface area contributed by atoms with Crippen molar-refractivity contribution in [2.75, 3.05) is 25.0 Å². The van der Waals surface area contributed by atoms with Crippen molar-refractivity contribution in [2.45, 2.75) is 40.2 Å². The van der Waals surface area contributed by atoms with Crippen molar-refractivity contribution in [2.24, 2.45) is 5.92 Å². The average Bonchev–Trinajstić information content (AvgIpc) is 2.92.